The summed E-state index contributed by atoms with van der Waals surface area (Å²) < 4.78 is 29.3. The average Bonchev–Trinajstić information content (AvgIpc) is 3.00. The van der Waals surface area contributed by atoms with Gasteiger partial charge < -0.3 is 10.2 Å². The van der Waals surface area contributed by atoms with Crippen molar-refractivity contribution in [3.05, 3.63) is 128 Å². The smallest absolute Gasteiger partial charge is 0.264 e. The standard InChI is InChI=1S/C34H33Cl4N3O4S/c1-22(2)39-34(43)32(18-24-8-5-4-6-9-24)40(20-27-28(35)10-7-11-29(27)36)33(42)21-41(25-14-17-30(37)31(38)19-25)46(44,45)26-15-12-23(3)13-16-26/h4-17,19,22,32H,18,20-21H2,1-3H3,(H,39,43)/t32-/m0/s1. The number of hydrogen-bond acceptors (Lipinski definition) is 4. The maximum Gasteiger partial charge on any atom is 0.264 e. The van der Waals surface area contributed by atoms with E-state index in [4.69, 9.17) is 46.4 Å². The molecule has 7 nitrogen and oxygen atoms in total. The van der Waals surface area contributed by atoms with Crippen LogP contribution in [-0.4, -0.2) is 43.8 Å². The molecule has 0 spiro atoms. The first-order chi connectivity index (χ1) is 21.8. The summed E-state index contributed by atoms with van der Waals surface area (Å²) in [4.78, 5) is 29.7. The Labute approximate surface area is 290 Å². The molecule has 1 N–H and O–H groups in total. The van der Waals surface area contributed by atoms with Gasteiger partial charge in [0.2, 0.25) is 11.8 Å². The summed E-state index contributed by atoms with van der Waals surface area (Å²) in [5, 5.41) is 3.82. The van der Waals surface area contributed by atoms with Crippen molar-refractivity contribution >= 4 is 73.9 Å². The van der Waals surface area contributed by atoms with Crippen molar-refractivity contribution < 1.29 is 18.0 Å². The summed E-state index contributed by atoms with van der Waals surface area (Å²) in [6.07, 6.45) is 0.144. The Hall–Kier alpha value is -3.27. The highest BCUT2D eigenvalue weighted by atomic mass is 35.5. The number of sulfonamides is 1. The number of carbonyl (C=O) groups excluding carboxylic acids is 2. The van der Waals surface area contributed by atoms with Gasteiger partial charge in [0.15, 0.2) is 0 Å². The van der Waals surface area contributed by atoms with Crippen LogP contribution in [0, 0.1) is 6.92 Å². The predicted octanol–water partition coefficient (Wildman–Crippen LogP) is 7.97. The maximum absolute atomic E-state index is 14.6. The minimum Gasteiger partial charge on any atom is -0.352 e. The second-order valence-corrected chi connectivity index (χ2v) is 14.5. The zero-order valence-corrected chi connectivity index (χ0v) is 29.2. The Morgan fingerprint density at radius 1 is 0.783 bits per heavy atom. The number of nitrogens with one attached hydrogen (secondary N) is 1. The fourth-order valence-electron chi connectivity index (χ4n) is 4.79. The predicted molar refractivity (Wildman–Crippen MR) is 186 cm³/mol. The number of benzene rings is 4. The summed E-state index contributed by atoms with van der Waals surface area (Å²) in [7, 11) is -4.31. The number of anilines is 1. The number of halogens is 4. The minimum atomic E-state index is -4.31. The Balaban J connectivity index is 1.86. The molecular weight excluding hydrogens is 688 g/mol. The summed E-state index contributed by atoms with van der Waals surface area (Å²) in [6.45, 7) is 4.63. The Morgan fingerprint density at radius 3 is 2.00 bits per heavy atom. The molecule has 0 heterocycles. The van der Waals surface area contributed by atoms with Crippen LogP contribution in [0.15, 0.2) is 95.9 Å². The van der Waals surface area contributed by atoms with Crippen LogP contribution < -0.4 is 9.62 Å². The Kier molecular flexibility index (Phi) is 12.0. The molecule has 4 rings (SSSR count). The number of nitrogens with zero attached hydrogens (tertiary/aromatic N) is 2. The van der Waals surface area contributed by atoms with E-state index >= 15 is 0 Å². The van der Waals surface area contributed by atoms with Crippen molar-refractivity contribution in [3.63, 3.8) is 0 Å². The third-order valence-corrected chi connectivity index (χ3v) is 10.4. The molecule has 0 aliphatic heterocycles. The van der Waals surface area contributed by atoms with Gasteiger partial charge in [-0.2, -0.15) is 0 Å². The lowest BCUT2D eigenvalue weighted by Crippen LogP contribution is -2.54. The number of amides is 2. The molecule has 46 heavy (non-hydrogen) atoms. The number of rotatable bonds is 12. The van der Waals surface area contributed by atoms with Gasteiger partial charge in [0.05, 0.1) is 20.6 Å². The molecule has 242 valence electrons. The van der Waals surface area contributed by atoms with Gasteiger partial charge in [0.25, 0.3) is 10.0 Å². The van der Waals surface area contributed by atoms with Crippen LogP contribution in [0.5, 0.6) is 0 Å². The minimum absolute atomic E-state index is 0.0314. The average molecular weight is 722 g/mol. The topological polar surface area (TPSA) is 86.8 Å². The third kappa shape index (κ3) is 8.75. The maximum atomic E-state index is 14.6. The summed E-state index contributed by atoms with van der Waals surface area (Å²) in [5.74, 6) is -1.09. The van der Waals surface area contributed by atoms with Gasteiger partial charge >= 0.3 is 0 Å². The van der Waals surface area contributed by atoms with Gasteiger partial charge in [-0.1, -0.05) is 100 Å². The molecule has 2 amide bonds. The third-order valence-electron chi connectivity index (χ3n) is 7.17. The second kappa shape index (κ2) is 15.5. The number of aryl methyl sites for hydroxylation is 1. The van der Waals surface area contributed by atoms with Gasteiger partial charge in [-0.15, -0.1) is 0 Å². The normalized spacial score (nSPS) is 12.1. The molecule has 0 aliphatic carbocycles. The zero-order valence-electron chi connectivity index (χ0n) is 25.4. The van der Waals surface area contributed by atoms with Crippen molar-refractivity contribution in [2.75, 3.05) is 10.8 Å². The number of hydrogen-bond donors (Lipinski definition) is 1. The van der Waals surface area contributed by atoms with Crippen LogP contribution in [0.3, 0.4) is 0 Å². The van der Waals surface area contributed by atoms with Crippen molar-refractivity contribution in [1.29, 1.82) is 0 Å². The van der Waals surface area contributed by atoms with Crippen molar-refractivity contribution in [1.82, 2.24) is 10.2 Å². The SMILES string of the molecule is Cc1ccc(S(=O)(=O)N(CC(=O)N(Cc2c(Cl)cccc2Cl)[C@@H](Cc2ccccc2)C(=O)NC(C)C)c2ccc(Cl)c(Cl)c2)cc1. The summed E-state index contributed by atoms with van der Waals surface area (Å²) in [5.41, 5.74) is 2.18. The van der Waals surface area contributed by atoms with E-state index in [1.165, 1.54) is 35.2 Å². The monoisotopic (exact) mass is 719 g/mol. The van der Waals surface area contributed by atoms with Gasteiger partial charge in [0.1, 0.15) is 12.6 Å². The van der Waals surface area contributed by atoms with E-state index in [1.54, 1.807) is 30.3 Å². The van der Waals surface area contributed by atoms with E-state index in [2.05, 4.69) is 5.32 Å². The quantitative estimate of drug-likeness (QED) is 0.161. The van der Waals surface area contributed by atoms with Crippen LogP contribution in [0.4, 0.5) is 5.69 Å². The lowest BCUT2D eigenvalue weighted by molar-refractivity contribution is -0.140. The Morgan fingerprint density at radius 2 is 1.41 bits per heavy atom. The highest BCUT2D eigenvalue weighted by Gasteiger charge is 2.35. The lowest BCUT2D eigenvalue weighted by atomic mass is 10.0. The van der Waals surface area contributed by atoms with Gasteiger partial charge in [-0.25, -0.2) is 8.42 Å². The van der Waals surface area contributed by atoms with Gasteiger partial charge in [0, 0.05) is 34.6 Å². The zero-order chi connectivity index (χ0) is 33.6. The van der Waals surface area contributed by atoms with E-state index in [1.807, 2.05) is 51.1 Å². The fraction of sp³-hybridized carbons (Fsp3) is 0.235. The molecule has 0 unspecified atom stereocenters. The summed E-state index contributed by atoms with van der Waals surface area (Å²) in [6, 6.07) is 23.5. The molecule has 0 bridgehead atoms. The second-order valence-electron chi connectivity index (χ2n) is 11.0. The molecule has 4 aromatic carbocycles. The highest BCUT2D eigenvalue weighted by Crippen LogP contribution is 2.32. The van der Waals surface area contributed by atoms with Crippen LogP contribution in [0.25, 0.3) is 0 Å². The van der Waals surface area contributed by atoms with Crippen molar-refractivity contribution in [3.8, 4) is 0 Å². The van der Waals surface area contributed by atoms with E-state index in [0.29, 0.717) is 15.6 Å². The van der Waals surface area contributed by atoms with Crippen molar-refractivity contribution in [2.45, 2.75) is 50.7 Å². The van der Waals surface area contributed by atoms with Crippen LogP contribution in [0.2, 0.25) is 20.1 Å². The van der Waals surface area contributed by atoms with E-state index in [0.717, 1.165) is 15.4 Å². The molecule has 0 saturated heterocycles. The van der Waals surface area contributed by atoms with Gasteiger partial charge in [-0.3, -0.25) is 13.9 Å². The van der Waals surface area contributed by atoms with Crippen LogP contribution in [0.1, 0.15) is 30.5 Å². The molecule has 0 radical (unpaired) electrons. The largest absolute Gasteiger partial charge is 0.352 e. The molecule has 0 saturated carbocycles. The summed E-state index contributed by atoms with van der Waals surface area (Å²) >= 11 is 25.6. The first-order valence-corrected chi connectivity index (χ1v) is 17.3. The molecule has 1 atom stereocenters. The first kappa shape index (κ1) is 35.6. The Bertz CT molecular complexity index is 1780. The molecule has 0 fully saturated rings. The molecule has 0 aliphatic rings. The van der Waals surface area contributed by atoms with Crippen molar-refractivity contribution in [2.24, 2.45) is 0 Å². The first-order valence-electron chi connectivity index (χ1n) is 14.4. The molecule has 12 heteroatoms. The molecule has 4 aromatic rings. The highest BCUT2D eigenvalue weighted by molar-refractivity contribution is 7.92. The molecular formula is C34H33Cl4N3O4S. The van der Waals surface area contributed by atoms with Crippen LogP contribution >= 0.6 is 46.4 Å². The van der Waals surface area contributed by atoms with Gasteiger partial charge in [-0.05, 0) is 68.8 Å². The van der Waals surface area contributed by atoms with E-state index in [-0.39, 0.29) is 39.6 Å². The molecule has 0 aromatic heterocycles. The van der Waals surface area contributed by atoms with Crippen LogP contribution in [-0.2, 0) is 32.6 Å². The van der Waals surface area contributed by atoms with E-state index in [9.17, 15) is 18.0 Å². The fourth-order valence-corrected chi connectivity index (χ4v) is 7.01. The van der Waals surface area contributed by atoms with E-state index < -0.39 is 34.4 Å². The number of carbonyl (C=O) groups is 2. The lowest BCUT2D eigenvalue weighted by Gasteiger charge is -2.34.